The molecule has 114 valence electrons. The van der Waals surface area contributed by atoms with Gasteiger partial charge in [0, 0.05) is 26.7 Å². The van der Waals surface area contributed by atoms with Gasteiger partial charge < -0.3 is 10.6 Å². The molecule has 1 atom stereocenters. The Morgan fingerprint density at radius 2 is 2.15 bits per heavy atom. The quantitative estimate of drug-likeness (QED) is 0.896. The molecule has 1 aromatic rings. The van der Waals surface area contributed by atoms with Crippen LogP contribution >= 0.6 is 0 Å². The summed E-state index contributed by atoms with van der Waals surface area (Å²) in [4.78, 5) is 4.83. The number of hydrogen-bond acceptors (Lipinski definition) is 4. The first-order valence-corrected chi connectivity index (χ1v) is 7.73. The topological polar surface area (TPSA) is 50.3 Å². The molecule has 1 fully saturated rings. The molecule has 5 nitrogen and oxygen atoms in total. The van der Waals surface area contributed by atoms with Crippen molar-refractivity contribution in [3.8, 4) is 0 Å². The van der Waals surface area contributed by atoms with Crippen molar-refractivity contribution in [1.29, 1.82) is 0 Å². The van der Waals surface area contributed by atoms with Crippen LogP contribution in [0.15, 0.2) is 0 Å². The first-order chi connectivity index (χ1) is 9.45. The Labute approximate surface area is 122 Å². The van der Waals surface area contributed by atoms with E-state index in [1.165, 1.54) is 19.4 Å². The largest absolute Gasteiger partial charge is 0.394 e. The van der Waals surface area contributed by atoms with E-state index in [4.69, 9.17) is 5.73 Å². The molecule has 2 heterocycles. The lowest BCUT2D eigenvalue weighted by Crippen LogP contribution is -2.39. The summed E-state index contributed by atoms with van der Waals surface area (Å²) in [6.45, 7) is 9.91. The van der Waals surface area contributed by atoms with Gasteiger partial charge in [0.1, 0.15) is 5.82 Å². The first-order valence-electron chi connectivity index (χ1n) is 7.73. The van der Waals surface area contributed by atoms with Gasteiger partial charge in [0.05, 0.1) is 11.4 Å². The molecular formula is C15H29N5. The van der Waals surface area contributed by atoms with Crippen molar-refractivity contribution in [3.05, 3.63) is 5.69 Å². The number of anilines is 2. The van der Waals surface area contributed by atoms with Crippen LogP contribution in [-0.4, -0.2) is 47.4 Å². The van der Waals surface area contributed by atoms with Gasteiger partial charge in [0.25, 0.3) is 0 Å². The first kappa shape index (κ1) is 15.2. The summed E-state index contributed by atoms with van der Waals surface area (Å²) in [7, 11) is 4.12. The minimum Gasteiger partial charge on any atom is -0.394 e. The number of nitrogens with zero attached hydrogens (tertiary/aromatic N) is 4. The maximum atomic E-state index is 6.31. The van der Waals surface area contributed by atoms with E-state index in [9.17, 15) is 0 Å². The van der Waals surface area contributed by atoms with E-state index in [2.05, 4.69) is 42.7 Å². The van der Waals surface area contributed by atoms with Crippen LogP contribution in [-0.2, 0) is 7.05 Å². The average molecular weight is 279 g/mol. The molecule has 0 radical (unpaired) electrons. The van der Waals surface area contributed by atoms with Crippen LogP contribution < -0.4 is 10.6 Å². The smallest absolute Gasteiger partial charge is 0.150 e. The van der Waals surface area contributed by atoms with Crippen LogP contribution in [0.25, 0.3) is 0 Å². The summed E-state index contributed by atoms with van der Waals surface area (Å²) >= 11 is 0. The lowest BCUT2D eigenvalue weighted by Gasteiger charge is -2.29. The number of likely N-dealkylation sites (N-methyl/N-ethyl adjacent to an activating group) is 2. The van der Waals surface area contributed by atoms with E-state index in [1.54, 1.807) is 0 Å². The van der Waals surface area contributed by atoms with E-state index in [0.29, 0.717) is 12.0 Å². The third-order valence-corrected chi connectivity index (χ3v) is 4.38. The van der Waals surface area contributed by atoms with Crippen molar-refractivity contribution < 1.29 is 0 Å². The van der Waals surface area contributed by atoms with Gasteiger partial charge in [-0.1, -0.05) is 20.8 Å². The standard InChI is InChI=1S/C15H29N5/c1-6-20-9-7-8-12(20)10-18(4)15-13(16)14(11(2)3)17-19(15)5/h11-12H,6-10,16H2,1-5H3. The number of aromatic nitrogens is 2. The molecule has 1 saturated heterocycles. The number of likely N-dealkylation sites (tertiary alicyclic amines) is 1. The molecule has 5 heteroatoms. The van der Waals surface area contributed by atoms with E-state index in [1.807, 2.05) is 11.7 Å². The maximum absolute atomic E-state index is 6.31. The van der Waals surface area contributed by atoms with Gasteiger partial charge in [0.15, 0.2) is 0 Å². The zero-order valence-electron chi connectivity index (χ0n) is 13.6. The Balaban J connectivity index is 2.15. The molecular weight excluding hydrogens is 250 g/mol. The highest BCUT2D eigenvalue weighted by molar-refractivity contribution is 5.66. The van der Waals surface area contributed by atoms with Gasteiger partial charge in [-0.15, -0.1) is 0 Å². The predicted octanol–water partition coefficient (Wildman–Crippen LogP) is 2.05. The molecule has 2 rings (SSSR count). The van der Waals surface area contributed by atoms with Gasteiger partial charge in [-0.2, -0.15) is 5.10 Å². The van der Waals surface area contributed by atoms with E-state index < -0.39 is 0 Å². The fourth-order valence-electron chi connectivity index (χ4n) is 3.35. The number of aryl methyl sites for hydroxylation is 1. The molecule has 0 aliphatic carbocycles. The minimum atomic E-state index is 0.363. The van der Waals surface area contributed by atoms with Crippen LogP contribution in [0, 0.1) is 0 Å². The molecule has 0 spiro atoms. The third-order valence-electron chi connectivity index (χ3n) is 4.38. The number of nitrogens with two attached hydrogens (primary N) is 1. The van der Waals surface area contributed by atoms with Crippen molar-refractivity contribution in [3.63, 3.8) is 0 Å². The van der Waals surface area contributed by atoms with E-state index in [0.717, 1.165) is 30.3 Å². The van der Waals surface area contributed by atoms with Crippen molar-refractivity contribution in [1.82, 2.24) is 14.7 Å². The van der Waals surface area contributed by atoms with Crippen LogP contribution in [0.1, 0.15) is 45.2 Å². The second-order valence-corrected chi connectivity index (χ2v) is 6.21. The Morgan fingerprint density at radius 1 is 1.45 bits per heavy atom. The highest BCUT2D eigenvalue weighted by Gasteiger charge is 2.26. The van der Waals surface area contributed by atoms with Gasteiger partial charge in [-0.25, -0.2) is 0 Å². The number of rotatable bonds is 5. The second kappa shape index (κ2) is 6.04. The fourth-order valence-corrected chi connectivity index (χ4v) is 3.35. The highest BCUT2D eigenvalue weighted by Crippen LogP contribution is 2.31. The number of hydrogen-bond donors (Lipinski definition) is 1. The predicted molar refractivity (Wildman–Crippen MR) is 85.2 cm³/mol. The summed E-state index contributed by atoms with van der Waals surface area (Å²) in [5, 5.41) is 4.58. The van der Waals surface area contributed by atoms with Crippen LogP contribution in [0.5, 0.6) is 0 Å². The second-order valence-electron chi connectivity index (χ2n) is 6.21. The Morgan fingerprint density at radius 3 is 2.70 bits per heavy atom. The summed E-state index contributed by atoms with van der Waals surface area (Å²) in [6, 6.07) is 0.641. The number of nitrogen functional groups attached to an aromatic ring is 1. The van der Waals surface area contributed by atoms with Gasteiger partial charge in [-0.05, 0) is 31.8 Å². The molecule has 0 bridgehead atoms. The molecule has 1 aromatic heterocycles. The molecule has 1 aliphatic heterocycles. The lowest BCUT2D eigenvalue weighted by molar-refractivity contribution is 0.270. The van der Waals surface area contributed by atoms with Crippen LogP contribution in [0.3, 0.4) is 0 Å². The molecule has 0 amide bonds. The molecule has 1 aliphatic rings. The van der Waals surface area contributed by atoms with Crippen LogP contribution in [0.2, 0.25) is 0 Å². The van der Waals surface area contributed by atoms with Crippen molar-refractivity contribution >= 4 is 11.5 Å². The maximum Gasteiger partial charge on any atom is 0.150 e. The molecule has 20 heavy (non-hydrogen) atoms. The lowest BCUT2D eigenvalue weighted by atomic mass is 10.1. The zero-order chi connectivity index (χ0) is 14.9. The zero-order valence-corrected chi connectivity index (χ0v) is 13.6. The molecule has 0 aromatic carbocycles. The summed E-state index contributed by atoms with van der Waals surface area (Å²) < 4.78 is 1.93. The summed E-state index contributed by atoms with van der Waals surface area (Å²) in [5.41, 5.74) is 8.16. The van der Waals surface area contributed by atoms with Gasteiger partial charge in [-0.3, -0.25) is 9.58 Å². The van der Waals surface area contributed by atoms with Crippen molar-refractivity contribution in [2.75, 3.05) is 37.3 Å². The Hall–Kier alpha value is -1.23. The van der Waals surface area contributed by atoms with Gasteiger partial charge >= 0.3 is 0 Å². The van der Waals surface area contributed by atoms with E-state index >= 15 is 0 Å². The normalized spacial score (nSPS) is 20.0. The molecule has 0 saturated carbocycles. The van der Waals surface area contributed by atoms with Crippen molar-refractivity contribution in [2.24, 2.45) is 7.05 Å². The fraction of sp³-hybridized carbons (Fsp3) is 0.800. The SMILES string of the molecule is CCN1CCCC1CN(C)c1c(N)c(C(C)C)nn1C. The third kappa shape index (κ3) is 2.77. The highest BCUT2D eigenvalue weighted by atomic mass is 15.4. The Bertz CT molecular complexity index is 451. The van der Waals surface area contributed by atoms with Crippen molar-refractivity contribution in [2.45, 2.75) is 45.6 Å². The average Bonchev–Trinajstić information content (AvgIpc) is 2.93. The van der Waals surface area contributed by atoms with Gasteiger partial charge in [0.2, 0.25) is 0 Å². The summed E-state index contributed by atoms with van der Waals surface area (Å²) in [6.07, 6.45) is 2.59. The Kier molecular flexibility index (Phi) is 4.58. The van der Waals surface area contributed by atoms with E-state index in [-0.39, 0.29) is 0 Å². The summed E-state index contributed by atoms with van der Waals surface area (Å²) in [5.74, 6) is 1.42. The minimum absolute atomic E-state index is 0.363. The monoisotopic (exact) mass is 279 g/mol. The van der Waals surface area contributed by atoms with Crippen LogP contribution in [0.4, 0.5) is 11.5 Å². The molecule has 1 unspecified atom stereocenters. The molecule has 2 N–H and O–H groups in total.